The molecule has 5 atom stereocenters. The number of benzene rings is 1. The highest BCUT2D eigenvalue weighted by atomic mass is 32.1. The third-order valence-corrected chi connectivity index (χ3v) is 5.09. The lowest BCUT2D eigenvalue weighted by molar-refractivity contribution is -0.231. The topological polar surface area (TPSA) is 116 Å². The number of carbonyl (C=O) groups excluding carboxylic acids is 1. The molecular weight excluding hydrogens is 360 g/mol. The first-order valence-corrected chi connectivity index (χ1v) is 9.01. The van der Waals surface area contributed by atoms with Gasteiger partial charge in [-0.3, -0.25) is 4.79 Å². The van der Waals surface area contributed by atoms with E-state index in [1.54, 1.807) is 18.2 Å². The van der Waals surface area contributed by atoms with E-state index in [9.17, 15) is 25.2 Å². The van der Waals surface area contributed by atoms with Crippen LogP contribution in [0.4, 0.5) is 0 Å². The van der Waals surface area contributed by atoms with Crippen LogP contribution in [0.1, 0.15) is 16.5 Å². The second kappa shape index (κ2) is 8.26. The fraction of sp³-hybridized carbons (Fsp3) is 0.389. The van der Waals surface area contributed by atoms with Gasteiger partial charge in [0, 0.05) is 4.88 Å². The normalized spacial score (nSPS) is 28.7. The maximum Gasteiger partial charge on any atom is 0.316 e. The van der Waals surface area contributed by atoms with E-state index >= 15 is 0 Å². The standard InChI is InChI=1S/C18H20O7S/c19-9-13-15(21)16(22)17(23)18(25-13)10-3-1-4-11(7-10)24-14(20)8-12-5-2-6-26-12/h1-7,13,15-19,21-23H,8-9H2/t13-,15-,16+,17+,18-/m1/s1. The van der Waals surface area contributed by atoms with E-state index in [4.69, 9.17) is 9.47 Å². The lowest BCUT2D eigenvalue weighted by Gasteiger charge is -2.40. The Kier molecular flexibility index (Phi) is 6.02. The van der Waals surface area contributed by atoms with Crippen LogP contribution in [0.2, 0.25) is 0 Å². The Morgan fingerprint density at radius 2 is 1.92 bits per heavy atom. The SMILES string of the molecule is O=C(Cc1cccs1)Oc1cccc([C@H]2O[C@H](CO)[C@@H](O)[C@H](O)[C@@H]2O)c1. The zero-order valence-corrected chi connectivity index (χ0v) is 14.6. The predicted octanol–water partition coefficient (Wildman–Crippen LogP) is 0.411. The van der Waals surface area contributed by atoms with Crippen LogP contribution in [0, 0.1) is 0 Å². The summed E-state index contributed by atoms with van der Waals surface area (Å²) in [4.78, 5) is 12.9. The summed E-state index contributed by atoms with van der Waals surface area (Å²) >= 11 is 1.46. The van der Waals surface area contributed by atoms with Crippen LogP contribution in [0.25, 0.3) is 0 Å². The number of aliphatic hydroxyl groups is 4. The summed E-state index contributed by atoms with van der Waals surface area (Å²) < 4.78 is 10.8. The molecule has 1 aliphatic heterocycles. The van der Waals surface area contributed by atoms with Gasteiger partial charge in [-0.2, -0.15) is 0 Å². The van der Waals surface area contributed by atoms with Crippen LogP contribution in [-0.2, 0) is 16.0 Å². The van der Waals surface area contributed by atoms with Crippen LogP contribution in [-0.4, -0.2) is 57.4 Å². The molecule has 3 rings (SSSR count). The molecule has 140 valence electrons. The second-order valence-electron chi connectivity index (χ2n) is 6.05. The molecule has 4 N–H and O–H groups in total. The highest BCUT2D eigenvalue weighted by molar-refractivity contribution is 7.10. The molecule has 0 unspecified atom stereocenters. The number of rotatable bonds is 5. The molecule has 0 spiro atoms. The number of thiophene rings is 1. The predicted molar refractivity (Wildman–Crippen MR) is 92.8 cm³/mol. The molecule has 0 saturated carbocycles. The summed E-state index contributed by atoms with van der Waals surface area (Å²) in [7, 11) is 0. The first-order valence-electron chi connectivity index (χ1n) is 8.13. The second-order valence-corrected chi connectivity index (χ2v) is 7.08. The highest BCUT2D eigenvalue weighted by Crippen LogP contribution is 2.33. The average molecular weight is 380 g/mol. The van der Waals surface area contributed by atoms with Gasteiger partial charge in [0.05, 0.1) is 13.0 Å². The third kappa shape index (κ3) is 4.12. The van der Waals surface area contributed by atoms with Crippen LogP contribution >= 0.6 is 11.3 Å². The Labute approximate surface area is 154 Å². The highest BCUT2D eigenvalue weighted by Gasteiger charge is 2.43. The molecule has 26 heavy (non-hydrogen) atoms. The lowest BCUT2D eigenvalue weighted by atomic mass is 9.91. The molecule has 1 aliphatic rings. The van der Waals surface area contributed by atoms with Gasteiger partial charge in [0.2, 0.25) is 0 Å². The Balaban J connectivity index is 1.73. The van der Waals surface area contributed by atoms with Crippen molar-refractivity contribution in [1.29, 1.82) is 0 Å². The third-order valence-electron chi connectivity index (χ3n) is 4.21. The van der Waals surface area contributed by atoms with Crippen molar-refractivity contribution in [3.05, 3.63) is 52.2 Å². The van der Waals surface area contributed by atoms with Gasteiger partial charge >= 0.3 is 5.97 Å². The van der Waals surface area contributed by atoms with E-state index in [0.29, 0.717) is 5.56 Å². The van der Waals surface area contributed by atoms with Crippen molar-refractivity contribution in [2.75, 3.05) is 6.61 Å². The molecule has 1 aromatic heterocycles. The minimum absolute atomic E-state index is 0.155. The molecule has 1 aromatic carbocycles. The van der Waals surface area contributed by atoms with Gasteiger partial charge in [0.25, 0.3) is 0 Å². The first-order chi connectivity index (χ1) is 12.5. The van der Waals surface area contributed by atoms with Crippen molar-refractivity contribution in [3.63, 3.8) is 0 Å². The van der Waals surface area contributed by atoms with E-state index in [1.807, 2.05) is 17.5 Å². The number of hydrogen-bond acceptors (Lipinski definition) is 8. The molecule has 0 aliphatic carbocycles. The first kappa shape index (κ1) is 19.0. The van der Waals surface area contributed by atoms with E-state index in [0.717, 1.165) is 4.88 Å². The van der Waals surface area contributed by atoms with E-state index in [-0.39, 0.29) is 12.2 Å². The zero-order valence-electron chi connectivity index (χ0n) is 13.8. The van der Waals surface area contributed by atoms with Crippen molar-refractivity contribution >= 4 is 17.3 Å². The molecular formula is C18H20O7S. The molecule has 0 radical (unpaired) electrons. The minimum Gasteiger partial charge on any atom is -0.426 e. The van der Waals surface area contributed by atoms with E-state index in [1.165, 1.54) is 17.4 Å². The Bertz CT molecular complexity index is 731. The summed E-state index contributed by atoms with van der Waals surface area (Å²) in [5.74, 6) is -0.139. The van der Waals surface area contributed by atoms with Crippen molar-refractivity contribution in [3.8, 4) is 5.75 Å². The average Bonchev–Trinajstić information content (AvgIpc) is 3.13. The number of carbonyl (C=O) groups is 1. The van der Waals surface area contributed by atoms with Gasteiger partial charge in [0.1, 0.15) is 36.3 Å². The fourth-order valence-electron chi connectivity index (χ4n) is 2.86. The summed E-state index contributed by atoms with van der Waals surface area (Å²) in [6.45, 7) is -0.503. The van der Waals surface area contributed by atoms with Crippen molar-refractivity contribution in [2.45, 2.75) is 36.9 Å². The van der Waals surface area contributed by atoms with Crippen LogP contribution in [0.3, 0.4) is 0 Å². The number of ether oxygens (including phenoxy) is 2. The Morgan fingerprint density at radius 1 is 1.12 bits per heavy atom. The number of hydrogen-bond donors (Lipinski definition) is 4. The summed E-state index contributed by atoms with van der Waals surface area (Å²) in [5.41, 5.74) is 0.461. The van der Waals surface area contributed by atoms with Crippen molar-refractivity contribution in [2.24, 2.45) is 0 Å². The minimum atomic E-state index is -1.46. The van der Waals surface area contributed by atoms with Crippen molar-refractivity contribution < 1.29 is 34.7 Å². The Morgan fingerprint density at radius 3 is 2.62 bits per heavy atom. The van der Waals surface area contributed by atoms with E-state index in [2.05, 4.69) is 0 Å². The maximum atomic E-state index is 12.0. The molecule has 1 fully saturated rings. The fourth-order valence-corrected chi connectivity index (χ4v) is 3.55. The largest absolute Gasteiger partial charge is 0.426 e. The van der Waals surface area contributed by atoms with Gasteiger partial charge in [-0.25, -0.2) is 0 Å². The molecule has 2 heterocycles. The molecule has 0 bridgehead atoms. The Hall–Kier alpha value is -1.81. The number of aliphatic hydroxyl groups excluding tert-OH is 4. The van der Waals surface area contributed by atoms with Gasteiger partial charge in [-0.05, 0) is 29.1 Å². The summed E-state index contributed by atoms with van der Waals surface area (Å²) in [6.07, 6.45) is -6.08. The van der Waals surface area contributed by atoms with Crippen LogP contribution < -0.4 is 4.74 Å². The van der Waals surface area contributed by atoms with Crippen molar-refractivity contribution in [1.82, 2.24) is 0 Å². The molecule has 0 amide bonds. The monoisotopic (exact) mass is 380 g/mol. The molecule has 7 nitrogen and oxygen atoms in total. The summed E-state index contributed by atoms with van der Waals surface area (Å²) in [5, 5.41) is 41.1. The molecule has 8 heteroatoms. The maximum absolute atomic E-state index is 12.0. The smallest absolute Gasteiger partial charge is 0.316 e. The number of esters is 1. The van der Waals surface area contributed by atoms with Gasteiger partial charge in [-0.1, -0.05) is 18.2 Å². The van der Waals surface area contributed by atoms with E-state index < -0.39 is 43.1 Å². The van der Waals surface area contributed by atoms with Gasteiger partial charge in [-0.15, -0.1) is 11.3 Å². The molecule has 2 aromatic rings. The van der Waals surface area contributed by atoms with Crippen LogP contribution in [0.15, 0.2) is 41.8 Å². The van der Waals surface area contributed by atoms with Crippen LogP contribution in [0.5, 0.6) is 5.75 Å². The lowest BCUT2D eigenvalue weighted by Crippen LogP contribution is -2.55. The van der Waals surface area contributed by atoms with Gasteiger partial charge < -0.3 is 29.9 Å². The van der Waals surface area contributed by atoms with Gasteiger partial charge in [0.15, 0.2) is 0 Å². The summed E-state index contributed by atoms with van der Waals surface area (Å²) in [6, 6.07) is 10.1. The molecule has 1 saturated heterocycles. The quantitative estimate of drug-likeness (QED) is 0.439. The zero-order chi connectivity index (χ0) is 18.7.